The van der Waals surface area contributed by atoms with Crippen molar-refractivity contribution in [3.63, 3.8) is 0 Å². The Morgan fingerprint density at radius 1 is 1.31 bits per heavy atom. The van der Waals surface area contributed by atoms with Crippen LogP contribution in [-0.2, 0) is 13.6 Å². The molecule has 4 nitrogen and oxygen atoms in total. The molecule has 0 saturated heterocycles. The summed E-state index contributed by atoms with van der Waals surface area (Å²) < 4.78 is 13.9. The molecule has 16 heavy (non-hydrogen) atoms. The Bertz CT molecular complexity index is 303. The van der Waals surface area contributed by atoms with E-state index in [2.05, 4.69) is 15.5 Å². The minimum atomic E-state index is -0.207. The molecule has 0 unspecified atom stereocenters. The third-order valence-electron chi connectivity index (χ3n) is 2.27. The van der Waals surface area contributed by atoms with Crippen LogP contribution in [0, 0.1) is 0 Å². The topological polar surface area (TPSA) is 42.7 Å². The van der Waals surface area contributed by atoms with E-state index in [4.69, 9.17) is 0 Å². The molecule has 0 radical (unpaired) electrons. The van der Waals surface area contributed by atoms with Crippen molar-refractivity contribution in [2.24, 2.45) is 7.05 Å². The lowest BCUT2D eigenvalue weighted by molar-refractivity contribution is 0.460. The lowest BCUT2D eigenvalue weighted by Gasteiger charge is -2.02. The summed E-state index contributed by atoms with van der Waals surface area (Å²) in [4.78, 5) is 0. The summed E-state index contributed by atoms with van der Waals surface area (Å²) in [7, 11) is 3.86. The zero-order valence-electron chi connectivity index (χ0n) is 9.87. The van der Waals surface area contributed by atoms with Gasteiger partial charge in [-0.25, -0.2) is 0 Å². The van der Waals surface area contributed by atoms with E-state index in [1.165, 1.54) is 0 Å². The van der Waals surface area contributed by atoms with E-state index >= 15 is 0 Å². The first-order chi connectivity index (χ1) is 7.79. The van der Waals surface area contributed by atoms with Crippen molar-refractivity contribution < 1.29 is 4.39 Å². The SMILES string of the molecule is CNCc1nnc(SCCCCCF)n1C. The minimum Gasteiger partial charge on any atom is -0.313 e. The van der Waals surface area contributed by atoms with Gasteiger partial charge in [-0.15, -0.1) is 10.2 Å². The third kappa shape index (κ3) is 4.09. The molecule has 0 aliphatic rings. The summed E-state index contributed by atoms with van der Waals surface area (Å²) in [5.41, 5.74) is 0. The van der Waals surface area contributed by atoms with Gasteiger partial charge in [0.1, 0.15) is 5.82 Å². The third-order valence-corrected chi connectivity index (χ3v) is 3.38. The molecular formula is C10H19FN4S. The Morgan fingerprint density at radius 2 is 2.12 bits per heavy atom. The van der Waals surface area contributed by atoms with Gasteiger partial charge in [-0.2, -0.15) is 0 Å². The smallest absolute Gasteiger partial charge is 0.190 e. The fourth-order valence-corrected chi connectivity index (χ4v) is 2.25. The molecule has 0 spiro atoms. The fraction of sp³-hybridized carbons (Fsp3) is 0.800. The number of thioether (sulfide) groups is 1. The Balaban J connectivity index is 2.31. The van der Waals surface area contributed by atoms with Crippen molar-refractivity contribution in [2.45, 2.75) is 31.0 Å². The molecule has 0 atom stereocenters. The quantitative estimate of drug-likeness (QED) is 0.561. The van der Waals surface area contributed by atoms with Gasteiger partial charge in [0.2, 0.25) is 0 Å². The second-order valence-electron chi connectivity index (χ2n) is 3.59. The molecule has 1 aromatic heterocycles. The zero-order chi connectivity index (χ0) is 11.8. The van der Waals surface area contributed by atoms with E-state index in [0.29, 0.717) is 6.42 Å². The Morgan fingerprint density at radius 3 is 2.81 bits per heavy atom. The van der Waals surface area contributed by atoms with Crippen LogP contribution in [0.2, 0.25) is 0 Å². The average molecular weight is 246 g/mol. The van der Waals surface area contributed by atoms with Gasteiger partial charge in [0.25, 0.3) is 0 Å². The monoisotopic (exact) mass is 246 g/mol. The number of hydrogen-bond donors (Lipinski definition) is 1. The van der Waals surface area contributed by atoms with Crippen molar-refractivity contribution in [1.29, 1.82) is 0 Å². The number of nitrogens with one attached hydrogen (secondary N) is 1. The first-order valence-corrected chi connectivity index (χ1v) is 6.49. The summed E-state index contributed by atoms with van der Waals surface area (Å²) in [5, 5.41) is 12.2. The number of halogens is 1. The molecule has 0 saturated carbocycles. The van der Waals surface area contributed by atoms with E-state index < -0.39 is 0 Å². The number of alkyl halides is 1. The summed E-state index contributed by atoms with van der Waals surface area (Å²) in [6, 6.07) is 0. The fourth-order valence-electron chi connectivity index (χ4n) is 1.32. The van der Waals surface area contributed by atoms with Crippen LogP contribution in [0.3, 0.4) is 0 Å². The van der Waals surface area contributed by atoms with Gasteiger partial charge in [0, 0.05) is 12.8 Å². The average Bonchev–Trinajstić information content (AvgIpc) is 2.62. The highest BCUT2D eigenvalue weighted by molar-refractivity contribution is 7.99. The van der Waals surface area contributed by atoms with Gasteiger partial charge in [-0.1, -0.05) is 18.2 Å². The first-order valence-electron chi connectivity index (χ1n) is 5.51. The van der Waals surface area contributed by atoms with Crippen molar-refractivity contribution in [1.82, 2.24) is 20.1 Å². The van der Waals surface area contributed by atoms with Crippen LogP contribution < -0.4 is 5.32 Å². The van der Waals surface area contributed by atoms with E-state index in [9.17, 15) is 4.39 Å². The highest BCUT2D eigenvalue weighted by Crippen LogP contribution is 2.17. The van der Waals surface area contributed by atoms with Gasteiger partial charge in [0.15, 0.2) is 5.16 Å². The van der Waals surface area contributed by atoms with Crippen LogP contribution in [0.25, 0.3) is 0 Å². The number of rotatable bonds is 8. The van der Waals surface area contributed by atoms with Crippen LogP contribution in [-0.4, -0.2) is 34.2 Å². The number of unbranched alkanes of at least 4 members (excludes halogenated alkanes) is 2. The van der Waals surface area contributed by atoms with Crippen LogP contribution in [0.15, 0.2) is 5.16 Å². The molecular weight excluding hydrogens is 227 g/mol. The maximum Gasteiger partial charge on any atom is 0.190 e. The molecule has 92 valence electrons. The van der Waals surface area contributed by atoms with Gasteiger partial charge in [-0.3, -0.25) is 4.39 Å². The second-order valence-corrected chi connectivity index (χ2v) is 4.65. The first kappa shape index (κ1) is 13.4. The van der Waals surface area contributed by atoms with E-state index in [1.807, 2.05) is 18.7 Å². The normalized spacial score (nSPS) is 10.9. The lowest BCUT2D eigenvalue weighted by atomic mass is 10.3. The summed E-state index contributed by atoms with van der Waals surface area (Å²) in [5.74, 6) is 1.92. The molecule has 0 aliphatic carbocycles. The molecule has 0 bridgehead atoms. The van der Waals surface area contributed by atoms with Crippen LogP contribution in [0.1, 0.15) is 25.1 Å². The standard InChI is InChI=1S/C10H19FN4S/c1-12-8-9-13-14-10(15(9)2)16-7-5-3-4-6-11/h12H,3-8H2,1-2H3. The van der Waals surface area contributed by atoms with Crippen molar-refractivity contribution in [3.8, 4) is 0 Å². The molecule has 1 N–H and O–H groups in total. The minimum absolute atomic E-state index is 0.207. The van der Waals surface area contributed by atoms with Crippen molar-refractivity contribution in [2.75, 3.05) is 19.5 Å². The predicted molar refractivity (Wildman–Crippen MR) is 64.3 cm³/mol. The second kappa shape index (κ2) is 7.62. The van der Waals surface area contributed by atoms with E-state index in [1.54, 1.807) is 11.8 Å². The van der Waals surface area contributed by atoms with Gasteiger partial charge >= 0.3 is 0 Å². The molecule has 0 amide bonds. The summed E-state index contributed by atoms with van der Waals surface area (Å²) in [6.45, 7) is 0.521. The largest absolute Gasteiger partial charge is 0.313 e. The molecule has 0 fully saturated rings. The molecule has 0 aromatic carbocycles. The van der Waals surface area contributed by atoms with Crippen molar-refractivity contribution >= 4 is 11.8 Å². The Hall–Kier alpha value is -0.620. The summed E-state index contributed by atoms with van der Waals surface area (Å²) >= 11 is 1.68. The maximum atomic E-state index is 11.9. The highest BCUT2D eigenvalue weighted by Gasteiger charge is 2.07. The Labute approximate surface area is 100 Å². The van der Waals surface area contributed by atoms with Crippen LogP contribution in [0.4, 0.5) is 4.39 Å². The molecule has 6 heteroatoms. The number of aromatic nitrogens is 3. The Kier molecular flexibility index (Phi) is 6.40. The maximum absolute atomic E-state index is 11.9. The van der Waals surface area contributed by atoms with Crippen LogP contribution >= 0.6 is 11.8 Å². The van der Waals surface area contributed by atoms with Gasteiger partial charge in [0.05, 0.1) is 13.2 Å². The summed E-state index contributed by atoms with van der Waals surface area (Å²) in [6.07, 6.45) is 2.65. The molecule has 0 aliphatic heterocycles. The van der Waals surface area contributed by atoms with Gasteiger partial charge in [-0.05, 0) is 19.9 Å². The highest BCUT2D eigenvalue weighted by atomic mass is 32.2. The molecule has 1 aromatic rings. The number of hydrogen-bond acceptors (Lipinski definition) is 4. The van der Waals surface area contributed by atoms with Crippen LogP contribution in [0.5, 0.6) is 0 Å². The lowest BCUT2D eigenvalue weighted by Crippen LogP contribution is -2.10. The molecule has 1 rings (SSSR count). The zero-order valence-corrected chi connectivity index (χ0v) is 10.7. The predicted octanol–water partition coefficient (Wildman–Crippen LogP) is 1.77. The van der Waals surface area contributed by atoms with Gasteiger partial charge < -0.3 is 9.88 Å². The van der Waals surface area contributed by atoms with Crippen molar-refractivity contribution in [3.05, 3.63) is 5.82 Å². The number of nitrogens with zero attached hydrogens (tertiary/aromatic N) is 3. The van der Waals surface area contributed by atoms with E-state index in [0.717, 1.165) is 36.1 Å². The van der Waals surface area contributed by atoms with E-state index in [-0.39, 0.29) is 6.67 Å². The molecule has 1 heterocycles.